The minimum absolute atomic E-state index is 0.0705. The summed E-state index contributed by atoms with van der Waals surface area (Å²) in [4.78, 5) is 27.4. The number of hydrogen-bond donors (Lipinski definition) is 0. The fraction of sp³-hybridized carbons (Fsp3) is 0.556. The van der Waals surface area contributed by atoms with Gasteiger partial charge < -0.3 is 4.74 Å². The second kappa shape index (κ2) is 5.84. The Morgan fingerprint density at radius 1 is 1.18 bits per heavy atom. The summed E-state index contributed by atoms with van der Waals surface area (Å²) in [6.07, 6.45) is 0.470. The van der Waals surface area contributed by atoms with E-state index in [0.29, 0.717) is 13.0 Å². The fourth-order valence-electron chi connectivity index (χ4n) is 3.40. The predicted octanol–water partition coefficient (Wildman–Crippen LogP) is 2.24. The molecular formula is C18H25NO3. The molecule has 0 amide bonds. The SMILES string of the molecule is COC(=O)C1(c2cc(C)c(C)c(C)c2C)CCN(C)CC1=O. The standard InChI is InChI=1S/C18H25NO3/c1-11-9-15(14(4)13(3)12(11)2)18(17(21)22-6)7-8-19(5)10-16(18)20/h9H,7-8,10H2,1-6H3. The van der Waals surface area contributed by atoms with Crippen LogP contribution in [0.15, 0.2) is 6.07 Å². The molecule has 1 aromatic rings. The monoisotopic (exact) mass is 303 g/mol. The van der Waals surface area contributed by atoms with Crippen LogP contribution in [-0.2, 0) is 19.7 Å². The van der Waals surface area contributed by atoms with Crippen LogP contribution in [-0.4, -0.2) is 43.9 Å². The number of piperidine rings is 1. The molecule has 120 valence electrons. The number of nitrogens with zero attached hydrogens (tertiary/aromatic N) is 1. The van der Waals surface area contributed by atoms with E-state index >= 15 is 0 Å². The number of hydrogen-bond acceptors (Lipinski definition) is 4. The topological polar surface area (TPSA) is 46.6 Å². The molecule has 22 heavy (non-hydrogen) atoms. The lowest BCUT2D eigenvalue weighted by Gasteiger charge is -2.38. The van der Waals surface area contributed by atoms with Gasteiger partial charge in [-0.2, -0.15) is 0 Å². The highest BCUT2D eigenvalue weighted by Crippen LogP contribution is 2.38. The number of Topliss-reactive ketones (excluding diaryl/α,β-unsaturated/α-hetero) is 1. The lowest BCUT2D eigenvalue weighted by atomic mass is 9.69. The molecule has 0 saturated carbocycles. The summed E-state index contributed by atoms with van der Waals surface area (Å²) in [6.45, 7) is 9.12. The smallest absolute Gasteiger partial charge is 0.324 e. The molecule has 0 aromatic heterocycles. The van der Waals surface area contributed by atoms with Gasteiger partial charge in [-0.1, -0.05) is 6.07 Å². The molecule has 2 rings (SSSR count). The van der Waals surface area contributed by atoms with Gasteiger partial charge in [0.05, 0.1) is 13.7 Å². The van der Waals surface area contributed by atoms with E-state index in [1.807, 2.05) is 38.8 Å². The van der Waals surface area contributed by atoms with Crippen LogP contribution in [0.3, 0.4) is 0 Å². The van der Waals surface area contributed by atoms with Gasteiger partial charge in [-0.25, -0.2) is 0 Å². The van der Waals surface area contributed by atoms with E-state index in [1.165, 1.54) is 12.7 Å². The van der Waals surface area contributed by atoms with Crippen LogP contribution < -0.4 is 0 Å². The van der Waals surface area contributed by atoms with Crippen LogP contribution in [0.25, 0.3) is 0 Å². The van der Waals surface area contributed by atoms with Gasteiger partial charge in [0.25, 0.3) is 0 Å². The molecule has 1 aromatic carbocycles. The first-order valence-electron chi connectivity index (χ1n) is 7.63. The number of aryl methyl sites for hydroxylation is 1. The van der Waals surface area contributed by atoms with Crippen molar-refractivity contribution in [3.63, 3.8) is 0 Å². The summed E-state index contributed by atoms with van der Waals surface area (Å²) in [5.41, 5.74) is 4.14. The highest BCUT2D eigenvalue weighted by atomic mass is 16.5. The Morgan fingerprint density at radius 2 is 1.82 bits per heavy atom. The molecular weight excluding hydrogens is 278 g/mol. The summed E-state index contributed by atoms with van der Waals surface area (Å²) in [7, 11) is 3.26. The molecule has 0 N–H and O–H groups in total. The Morgan fingerprint density at radius 3 is 2.36 bits per heavy atom. The van der Waals surface area contributed by atoms with E-state index in [9.17, 15) is 9.59 Å². The number of benzene rings is 1. The Hall–Kier alpha value is -1.68. The number of ether oxygens (including phenoxy) is 1. The first-order chi connectivity index (χ1) is 10.3. The van der Waals surface area contributed by atoms with Crippen molar-refractivity contribution in [3.8, 4) is 0 Å². The van der Waals surface area contributed by atoms with Gasteiger partial charge in [0, 0.05) is 6.54 Å². The molecule has 1 saturated heterocycles. The summed E-state index contributed by atoms with van der Waals surface area (Å²) in [6, 6.07) is 2.00. The molecule has 1 unspecified atom stereocenters. The van der Waals surface area contributed by atoms with Gasteiger partial charge in [0.15, 0.2) is 11.2 Å². The van der Waals surface area contributed by atoms with Gasteiger partial charge in [-0.05, 0) is 69.0 Å². The number of carbonyl (C=O) groups is 2. The van der Waals surface area contributed by atoms with Crippen LogP contribution in [0.4, 0.5) is 0 Å². The van der Waals surface area contributed by atoms with Gasteiger partial charge in [0.1, 0.15) is 0 Å². The van der Waals surface area contributed by atoms with Crippen molar-refractivity contribution in [1.82, 2.24) is 4.90 Å². The van der Waals surface area contributed by atoms with Gasteiger partial charge in [-0.3, -0.25) is 14.5 Å². The molecule has 0 radical (unpaired) electrons. The van der Waals surface area contributed by atoms with Crippen LogP contribution in [0.5, 0.6) is 0 Å². The van der Waals surface area contributed by atoms with E-state index in [4.69, 9.17) is 4.74 Å². The van der Waals surface area contributed by atoms with Gasteiger partial charge in [-0.15, -0.1) is 0 Å². The maximum absolute atomic E-state index is 12.8. The number of methoxy groups -OCH3 is 1. The van der Waals surface area contributed by atoms with Crippen LogP contribution in [0.1, 0.15) is 34.2 Å². The summed E-state index contributed by atoms with van der Waals surface area (Å²) < 4.78 is 5.04. The molecule has 1 heterocycles. The zero-order valence-corrected chi connectivity index (χ0v) is 14.4. The summed E-state index contributed by atoms with van der Waals surface area (Å²) in [5.74, 6) is -0.504. The average Bonchev–Trinajstić information content (AvgIpc) is 2.49. The third-order valence-electron chi connectivity index (χ3n) is 5.23. The van der Waals surface area contributed by atoms with Crippen molar-refractivity contribution in [3.05, 3.63) is 33.9 Å². The zero-order valence-electron chi connectivity index (χ0n) is 14.4. The quantitative estimate of drug-likeness (QED) is 0.621. The predicted molar refractivity (Wildman–Crippen MR) is 86.2 cm³/mol. The maximum atomic E-state index is 12.8. The number of rotatable bonds is 2. The van der Waals surface area contributed by atoms with Crippen molar-refractivity contribution in [2.75, 3.05) is 27.2 Å². The molecule has 0 aliphatic carbocycles. The van der Waals surface area contributed by atoms with Gasteiger partial charge in [0.2, 0.25) is 0 Å². The maximum Gasteiger partial charge on any atom is 0.324 e. The lowest BCUT2D eigenvalue weighted by Crippen LogP contribution is -2.54. The first kappa shape index (κ1) is 16.7. The summed E-state index contributed by atoms with van der Waals surface area (Å²) in [5, 5.41) is 0. The third kappa shape index (κ3) is 2.35. The number of esters is 1. The summed E-state index contributed by atoms with van der Waals surface area (Å²) >= 11 is 0. The second-order valence-electron chi connectivity index (χ2n) is 6.42. The normalized spacial score (nSPS) is 22.7. The molecule has 1 fully saturated rings. The number of likely N-dealkylation sites (N-methyl/N-ethyl adjacent to an activating group) is 1. The van der Waals surface area contributed by atoms with Crippen molar-refractivity contribution in [2.45, 2.75) is 39.5 Å². The molecule has 1 aliphatic rings. The molecule has 4 heteroatoms. The highest BCUT2D eigenvalue weighted by Gasteiger charge is 2.51. The van der Waals surface area contributed by atoms with E-state index in [0.717, 1.165) is 22.3 Å². The van der Waals surface area contributed by atoms with Crippen LogP contribution >= 0.6 is 0 Å². The zero-order chi connectivity index (χ0) is 16.7. The number of carbonyl (C=O) groups excluding carboxylic acids is 2. The number of likely N-dealkylation sites (tertiary alicyclic amines) is 1. The van der Waals surface area contributed by atoms with E-state index < -0.39 is 11.4 Å². The van der Waals surface area contributed by atoms with E-state index in [1.54, 1.807) is 0 Å². The average molecular weight is 303 g/mol. The second-order valence-corrected chi connectivity index (χ2v) is 6.42. The molecule has 0 spiro atoms. The van der Waals surface area contributed by atoms with Crippen LogP contribution in [0.2, 0.25) is 0 Å². The molecule has 1 atom stereocenters. The van der Waals surface area contributed by atoms with Crippen molar-refractivity contribution in [1.29, 1.82) is 0 Å². The Bertz CT molecular complexity index is 636. The van der Waals surface area contributed by atoms with Crippen molar-refractivity contribution < 1.29 is 14.3 Å². The largest absolute Gasteiger partial charge is 0.468 e. The minimum atomic E-state index is -1.16. The fourth-order valence-corrected chi connectivity index (χ4v) is 3.40. The van der Waals surface area contributed by atoms with Crippen molar-refractivity contribution in [2.24, 2.45) is 0 Å². The highest BCUT2D eigenvalue weighted by molar-refractivity contribution is 6.11. The van der Waals surface area contributed by atoms with Crippen molar-refractivity contribution >= 4 is 11.8 Å². The Balaban J connectivity index is 2.72. The number of ketones is 1. The molecule has 0 bridgehead atoms. The lowest BCUT2D eigenvalue weighted by molar-refractivity contribution is -0.154. The Kier molecular flexibility index (Phi) is 4.43. The van der Waals surface area contributed by atoms with Crippen LogP contribution in [0, 0.1) is 27.7 Å². The minimum Gasteiger partial charge on any atom is -0.468 e. The van der Waals surface area contributed by atoms with E-state index in [-0.39, 0.29) is 12.3 Å². The Labute approximate surface area is 132 Å². The molecule has 1 aliphatic heterocycles. The van der Waals surface area contributed by atoms with E-state index in [2.05, 4.69) is 6.92 Å². The first-order valence-corrected chi connectivity index (χ1v) is 7.63. The van der Waals surface area contributed by atoms with Gasteiger partial charge >= 0.3 is 5.97 Å². The molecule has 4 nitrogen and oxygen atoms in total. The third-order valence-corrected chi connectivity index (χ3v) is 5.23.